The molecule has 2 N–H and O–H groups in total. The van der Waals surface area contributed by atoms with Crippen molar-refractivity contribution < 1.29 is 4.79 Å². The summed E-state index contributed by atoms with van der Waals surface area (Å²) in [6.45, 7) is 11.6. The first kappa shape index (κ1) is 15.4. The molecule has 1 atom stereocenters. The van der Waals surface area contributed by atoms with Gasteiger partial charge in [-0.15, -0.1) is 0 Å². The van der Waals surface area contributed by atoms with Crippen LogP contribution in [0.1, 0.15) is 34.1 Å². The predicted molar refractivity (Wildman–Crippen MR) is 78.5 cm³/mol. The van der Waals surface area contributed by atoms with Gasteiger partial charge < -0.3 is 10.6 Å². The summed E-state index contributed by atoms with van der Waals surface area (Å²) in [6, 6.07) is 0.537. The van der Waals surface area contributed by atoms with Gasteiger partial charge in [-0.05, 0) is 27.2 Å². The van der Waals surface area contributed by atoms with E-state index in [1.165, 1.54) is 0 Å². The highest BCUT2D eigenvalue weighted by molar-refractivity contribution is 7.80. The zero-order valence-electron chi connectivity index (χ0n) is 11.9. The second kappa shape index (κ2) is 5.97. The lowest BCUT2D eigenvalue weighted by atomic mass is 9.85. The average molecular weight is 271 g/mol. The van der Waals surface area contributed by atoms with Crippen molar-refractivity contribution in [3.63, 3.8) is 0 Å². The van der Waals surface area contributed by atoms with Crippen LogP contribution in [0.3, 0.4) is 0 Å². The van der Waals surface area contributed by atoms with Crippen LogP contribution < -0.4 is 5.73 Å². The van der Waals surface area contributed by atoms with Crippen molar-refractivity contribution in [3.8, 4) is 0 Å². The molecule has 18 heavy (non-hydrogen) atoms. The third-order valence-corrected chi connectivity index (χ3v) is 4.51. The molecule has 1 aliphatic rings. The zero-order chi connectivity index (χ0) is 13.9. The van der Waals surface area contributed by atoms with Gasteiger partial charge in [-0.25, -0.2) is 0 Å². The van der Waals surface area contributed by atoms with Crippen molar-refractivity contribution in [2.45, 2.75) is 40.2 Å². The summed E-state index contributed by atoms with van der Waals surface area (Å²) in [5.74, 6) is 0.0842. The van der Waals surface area contributed by atoms with E-state index >= 15 is 0 Å². The first-order valence-electron chi connectivity index (χ1n) is 6.66. The van der Waals surface area contributed by atoms with Crippen LogP contribution in [-0.4, -0.2) is 52.9 Å². The number of thiocarbonyl (C=S) groups is 1. The van der Waals surface area contributed by atoms with Crippen LogP contribution in [0.25, 0.3) is 0 Å². The summed E-state index contributed by atoms with van der Waals surface area (Å²) < 4.78 is 0. The summed E-state index contributed by atoms with van der Waals surface area (Å²) in [5, 5.41) is 0. The Hall–Kier alpha value is -0.680. The molecule has 1 heterocycles. The lowest BCUT2D eigenvalue weighted by molar-refractivity contribution is -0.139. The molecule has 0 bridgehead atoms. The molecule has 0 aliphatic carbocycles. The van der Waals surface area contributed by atoms with Crippen LogP contribution in [-0.2, 0) is 4.79 Å². The number of hydrogen-bond donors (Lipinski definition) is 1. The molecule has 1 fully saturated rings. The third-order valence-electron chi connectivity index (χ3n) is 4.05. The van der Waals surface area contributed by atoms with E-state index in [1.54, 1.807) is 0 Å². The largest absolute Gasteiger partial charge is 0.392 e. The van der Waals surface area contributed by atoms with Gasteiger partial charge in [-0.3, -0.25) is 9.69 Å². The van der Waals surface area contributed by atoms with E-state index in [-0.39, 0.29) is 5.91 Å². The number of amides is 1. The summed E-state index contributed by atoms with van der Waals surface area (Å²) in [5.41, 5.74) is 5.05. The second-order valence-corrected chi connectivity index (χ2v) is 5.91. The Bertz CT molecular complexity index is 324. The maximum absolute atomic E-state index is 12.5. The van der Waals surface area contributed by atoms with Gasteiger partial charge in [0, 0.05) is 32.2 Å². The Morgan fingerprint density at radius 3 is 2.17 bits per heavy atom. The van der Waals surface area contributed by atoms with Gasteiger partial charge >= 0.3 is 0 Å². The predicted octanol–water partition coefficient (Wildman–Crippen LogP) is 1.24. The summed E-state index contributed by atoms with van der Waals surface area (Å²) in [4.78, 5) is 17.1. The number of carbonyl (C=O) groups excluding carboxylic acids is 1. The minimum atomic E-state index is -0.685. The molecule has 0 radical (unpaired) electrons. The van der Waals surface area contributed by atoms with Crippen LogP contribution in [0, 0.1) is 5.41 Å². The normalized spacial score (nSPS) is 20.8. The molecule has 1 unspecified atom stereocenters. The fraction of sp³-hybridized carbons (Fsp3) is 0.846. The number of nitrogens with zero attached hydrogens (tertiary/aromatic N) is 2. The summed E-state index contributed by atoms with van der Waals surface area (Å²) in [7, 11) is 0. The molecular formula is C13H25N3OS. The van der Waals surface area contributed by atoms with Crippen LogP contribution in [0.2, 0.25) is 0 Å². The first-order chi connectivity index (χ1) is 8.32. The molecule has 5 heteroatoms. The van der Waals surface area contributed by atoms with Crippen molar-refractivity contribution in [1.82, 2.24) is 9.80 Å². The molecule has 4 nitrogen and oxygen atoms in total. The van der Waals surface area contributed by atoms with E-state index in [0.29, 0.717) is 17.5 Å². The number of carbonyl (C=O) groups is 1. The van der Waals surface area contributed by atoms with E-state index in [1.807, 2.05) is 18.7 Å². The van der Waals surface area contributed by atoms with E-state index in [4.69, 9.17) is 18.0 Å². The lowest BCUT2D eigenvalue weighted by Gasteiger charge is -2.40. The Morgan fingerprint density at radius 2 is 1.83 bits per heavy atom. The van der Waals surface area contributed by atoms with Gasteiger partial charge in [0.05, 0.1) is 10.4 Å². The van der Waals surface area contributed by atoms with E-state index in [2.05, 4.69) is 18.7 Å². The first-order valence-corrected chi connectivity index (χ1v) is 7.07. The SMILES string of the molecule is CCC(C)(C(=O)N1CCN(C(C)C)CC1)C(N)=S. The molecule has 1 aliphatic heterocycles. The molecule has 0 aromatic carbocycles. The van der Waals surface area contributed by atoms with E-state index in [9.17, 15) is 4.79 Å². The van der Waals surface area contributed by atoms with Gasteiger partial charge in [0.25, 0.3) is 0 Å². The highest BCUT2D eigenvalue weighted by atomic mass is 32.1. The molecule has 1 rings (SSSR count). The minimum Gasteiger partial charge on any atom is -0.392 e. The van der Waals surface area contributed by atoms with Crippen molar-refractivity contribution in [3.05, 3.63) is 0 Å². The van der Waals surface area contributed by atoms with E-state index in [0.717, 1.165) is 26.2 Å². The smallest absolute Gasteiger partial charge is 0.235 e. The molecule has 1 amide bonds. The maximum atomic E-state index is 12.5. The van der Waals surface area contributed by atoms with Gasteiger partial charge in [-0.2, -0.15) is 0 Å². The van der Waals surface area contributed by atoms with Gasteiger partial charge in [0.1, 0.15) is 0 Å². The lowest BCUT2D eigenvalue weighted by Crippen LogP contribution is -2.56. The minimum absolute atomic E-state index is 0.0842. The molecular weight excluding hydrogens is 246 g/mol. The highest BCUT2D eigenvalue weighted by Crippen LogP contribution is 2.25. The maximum Gasteiger partial charge on any atom is 0.235 e. The quantitative estimate of drug-likeness (QED) is 0.782. The van der Waals surface area contributed by atoms with Crippen molar-refractivity contribution >= 4 is 23.1 Å². The number of piperazine rings is 1. The Morgan fingerprint density at radius 1 is 1.33 bits per heavy atom. The van der Waals surface area contributed by atoms with Crippen molar-refractivity contribution in [2.24, 2.45) is 11.1 Å². The molecule has 0 saturated carbocycles. The fourth-order valence-corrected chi connectivity index (χ4v) is 2.45. The van der Waals surface area contributed by atoms with E-state index < -0.39 is 5.41 Å². The average Bonchev–Trinajstić information content (AvgIpc) is 2.36. The number of nitrogens with two attached hydrogens (primary N) is 1. The molecule has 1 saturated heterocycles. The highest BCUT2D eigenvalue weighted by Gasteiger charge is 2.38. The Balaban J connectivity index is 2.67. The van der Waals surface area contributed by atoms with Gasteiger partial charge in [0.2, 0.25) is 5.91 Å². The molecule has 0 spiro atoms. The Labute approximate surface area is 115 Å². The zero-order valence-corrected chi connectivity index (χ0v) is 12.7. The Kier molecular flexibility index (Phi) is 5.10. The number of hydrogen-bond acceptors (Lipinski definition) is 3. The fourth-order valence-electron chi connectivity index (χ4n) is 2.22. The van der Waals surface area contributed by atoms with Crippen molar-refractivity contribution in [1.29, 1.82) is 0 Å². The van der Waals surface area contributed by atoms with Crippen LogP contribution in [0.4, 0.5) is 0 Å². The summed E-state index contributed by atoms with van der Waals surface area (Å²) >= 11 is 5.06. The van der Waals surface area contributed by atoms with Crippen LogP contribution >= 0.6 is 12.2 Å². The van der Waals surface area contributed by atoms with Crippen molar-refractivity contribution in [2.75, 3.05) is 26.2 Å². The third kappa shape index (κ3) is 3.01. The number of rotatable bonds is 4. The molecule has 0 aromatic rings. The topological polar surface area (TPSA) is 49.6 Å². The standard InChI is InChI=1S/C13H25N3OS/c1-5-13(4,11(14)18)12(17)16-8-6-15(7-9-16)10(2)3/h10H,5-9H2,1-4H3,(H2,14,18). The second-order valence-electron chi connectivity index (χ2n) is 5.47. The van der Waals surface area contributed by atoms with Gasteiger partial charge in [0.15, 0.2) is 0 Å². The monoisotopic (exact) mass is 271 g/mol. The van der Waals surface area contributed by atoms with Crippen LogP contribution in [0.15, 0.2) is 0 Å². The molecule has 0 aromatic heterocycles. The van der Waals surface area contributed by atoms with Crippen LogP contribution in [0.5, 0.6) is 0 Å². The molecule has 104 valence electrons. The van der Waals surface area contributed by atoms with Gasteiger partial charge in [-0.1, -0.05) is 19.1 Å². The summed E-state index contributed by atoms with van der Waals surface area (Å²) in [6.07, 6.45) is 0.658.